The lowest BCUT2D eigenvalue weighted by molar-refractivity contribution is 0.264. The third kappa shape index (κ3) is 2.24. The first-order valence-electron chi connectivity index (χ1n) is 3.94. The Hall–Kier alpha value is -0.970. The summed E-state index contributed by atoms with van der Waals surface area (Å²) in [6, 6.07) is 3.56. The van der Waals surface area contributed by atoms with Crippen LogP contribution in [0.2, 0.25) is 0 Å². The molecule has 4 heteroatoms. The van der Waals surface area contributed by atoms with Crippen molar-refractivity contribution in [2.45, 2.75) is 12.6 Å². The highest BCUT2D eigenvalue weighted by atomic mass is 19.1. The molecule has 0 spiro atoms. The summed E-state index contributed by atoms with van der Waals surface area (Å²) in [6.45, 7) is -0.499. The van der Waals surface area contributed by atoms with Gasteiger partial charge in [0.2, 0.25) is 0 Å². The maximum Gasteiger partial charge on any atom is 0.128 e. The molecule has 0 aliphatic carbocycles. The van der Waals surface area contributed by atoms with Gasteiger partial charge in [0.1, 0.15) is 5.82 Å². The number of aliphatic hydroxyl groups excluding tert-OH is 2. The maximum absolute atomic E-state index is 13.2. The molecule has 1 rings (SSSR count). The largest absolute Gasteiger partial charge is 0.394 e. The summed E-state index contributed by atoms with van der Waals surface area (Å²) >= 11 is 0. The first-order chi connectivity index (χ1) is 6.19. The minimum Gasteiger partial charge on any atom is -0.394 e. The zero-order chi connectivity index (χ0) is 9.84. The monoisotopic (exact) mass is 185 g/mol. The maximum atomic E-state index is 13.2. The summed E-state index contributed by atoms with van der Waals surface area (Å²) in [5.74, 6) is -0.492. The Bertz CT molecular complexity index is 291. The van der Waals surface area contributed by atoms with E-state index in [1.54, 1.807) is 6.07 Å². The van der Waals surface area contributed by atoms with Crippen molar-refractivity contribution < 1.29 is 14.6 Å². The molecule has 0 saturated carbocycles. The van der Waals surface area contributed by atoms with E-state index in [-0.39, 0.29) is 18.8 Å². The molecule has 0 aliphatic heterocycles. The SMILES string of the molecule is NC(CO)c1ccc(CO)cc1F. The predicted molar refractivity (Wildman–Crippen MR) is 46.3 cm³/mol. The van der Waals surface area contributed by atoms with Gasteiger partial charge in [0, 0.05) is 5.56 Å². The molecule has 4 N–H and O–H groups in total. The molecule has 0 heterocycles. The van der Waals surface area contributed by atoms with Crippen LogP contribution in [0.15, 0.2) is 18.2 Å². The Morgan fingerprint density at radius 1 is 1.38 bits per heavy atom. The molecule has 0 fully saturated rings. The normalized spacial score (nSPS) is 12.9. The Morgan fingerprint density at radius 3 is 2.54 bits per heavy atom. The lowest BCUT2D eigenvalue weighted by Crippen LogP contribution is -2.16. The van der Waals surface area contributed by atoms with Crippen LogP contribution in [0.25, 0.3) is 0 Å². The Labute approximate surface area is 75.6 Å². The van der Waals surface area contributed by atoms with Crippen molar-refractivity contribution in [2.24, 2.45) is 5.73 Å². The molecule has 0 aliphatic rings. The van der Waals surface area contributed by atoms with Crippen molar-refractivity contribution >= 4 is 0 Å². The Kier molecular flexibility index (Phi) is 3.36. The second-order valence-corrected chi connectivity index (χ2v) is 2.80. The van der Waals surface area contributed by atoms with Crippen LogP contribution >= 0.6 is 0 Å². The molecule has 1 unspecified atom stereocenters. The molecule has 1 atom stereocenters. The van der Waals surface area contributed by atoms with Gasteiger partial charge < -0.3 is 15.9 Å². The second kappa shape index (κ2) is 4.32. The van der Waals surface area contributed by atoms with Gasteiger partial charge in [-0.2, -0.15) is 0 Å². The van der Waals surface area contributed by atoms with E-state index >= 15 is 0 Å². The van der Waals surface area contributed by atoms with Crippen LogP contribution in [-0.2, 0) is 6.61 Å². The summed E-state index contributed by atoms with van der Waals surface area (Å²) < 4.78 is 13.2. The van der Waals surface area contributed by atoms with Crippen molar-refractivity contribution in [1.29, 1.82) is 0 Å². The molecule has 0 amide bonds. The molecule has 13 heavy (non-hydrogen) atoms. The molecular weight excluding hydrogens is 173 g/mol. The van der Waals surface area contributed by atoms with Crippen LogP contribution in [0.1, 0.15) is 17.2 Å². The van der Waals surface area contributed by atoms with Crippen LogP contribution in [0.5, 0.6) is 0 Å². The summed E-state index contributed by atoms with van der Waals surface area (Å²) in [4.78, 5) is 0. The Balaban J connectivity index is 2.98. The van der Waals surface area contributed by atoms with Gasteiger partial charge >= 0.3 is 0 Å². The van der Waals surface area contributed by atoms with Gasteiger partial charge in [-0.3, -0.25) is 0 Å². The van der Waals surface area contributed by atoms with Crippen LogP contribution in [0.4, 0.5) is 4.39 Å². The van der Waals surface area contributed by atoms with Gasteiger partial charge in [-0.15, -0.1) is 0 Å². The third-order valence-corrected chi connectivity index (χ3v) is 1.84. The third-order valence-electron chi connectivity index (χ3n) is 1.84. The molecule has 3 nitrogen and oxygen atoms in total. The van der Waals surface area contributed by atoms with Crippen molar-refractivity contribution in [1.82, 2.24) is 0 Å². The van der Waals surface area contributed by atoms with Gasteiger partial charge in [-0.05, 0) is 11.6 Å². The van der Waals surface area contributed by atoms with Gasteiger partial charge in [-0.25, -0.2) is 4.39 Å². The average molecular weight is 185 g/mol. The summed E-state index contributed by atoms with van der Waals surface area (Å²) in [6.07, 6.45) is 0. The highest BCUT2D eigenvalue weighted by Gasteiger charge is 2.10. The van der Waals surface area contributed by atoms with Crippen LogP contribution in [0.3, 0.4) is 0 Å². The highest BCUT2D eigenvalue weighted by Crippen LogP contribution is 2.16. The molecule has 72 valence electrons. The van der Waals surface area contributed by atoms with E-state index in [4.69, 9.17) is 15.9 Å². The van der Waals surface area contributed by atoms with Crippen molar-refractivity contribution in [3.63, 3.8) is 0 Å². The van der Waals surface area contributed by atoms with Gasteiger partial charge in [0.05, 0.1) is 19.3 Å². The number of halogens is 1. The van der Waals surface area contributed by atoms with E-state index in [1.807, 2.05) is 0 Å². The van der Waals surface area contributed by atoms with E-state index in [9.17, 15) is 4.39 Å². The zero-order valence-electron chi connectivity index (χ0n) is 7.07. The van der Waals surface area contributed by atoms with Crippen molar-refractivity contribution in [2.75, 3.05) is 6.61 Å². The fourth-order valence-corrected chi connectivity index (χ4v) is 1.07. The summed E-state index contributed by atoms with van der Waals surface area (Å²) in [5, 5.41) is 17.4. The fourth-order valence-electron chi connectivity index (χ4n) is 1.07. The number of hydrogen-bond donors (Lipinski definition) is 3. The minimum atomic E-state index is -0.701. The van der Waals surface area contributed by atoms with Gasteiger partial charge in [0.15, 0.2) is 0 Å². The summed E-state index contributed by atoms with van der Waals surface area (Å²) in [7, 11) is 0. The quantitative estimate of drug-likeness (QED) is 0.635. The predicted octanol–water partition coefficient (Wildman–Crippen LogP) is 0.310. The lowest BCUT2D eigenvalue weighted by atomic mass is 10.1. The highest BCUT2D eigenvalue weighted by molar-refractivity contribution is 5.26. The van der Waals surface area contributed by atoms with Gasteiger partial charge in [-0.1, -0.05) is 12.1 Å². The average Bonchev–Trinajstić information content (AvgIpc) is 2.16. The fraction of sp³-hybridized carbons (Fsp3) is 0.333. The van der Waals surface area contributed by atoms with Crippen molar-refractivity contribution in [3.05, 3.63) is 35.1 Å². The second-order valence-electron chi connectivity index (χ2n) is 2.80. The Morgan fingerprint density at radius 2 is 2.08 bits per heavy atom. The number of rotatable bonds is 3. The first-order valence-corrected chi connectivity index (χ1v) is 3.94. The van der Waals surface area contributed by atoms with Crippen LogP contribution in [0, 0.1) is 5.82 Å². The van der Waals surface area contributed by atoms with E-state index in [0.717, 1.165) is 0 Å². The molecule has 1 aromatic rings. The van der Waals surface area contributed by atoms with E-state index in [0.29, 0.717) is 5.56 Å². The summed E-state index contributed by atoms with van der Waals surface area (Å²) in [5.41, 5.74) is 6.19. The number of nitrogens with two attached hydrogens (primary N) is 1. The van der Waals surface area contributed by atoms with Crippen LogP contribution < -0.4 is 5.73 Å². The van der Waals surface area contributed by atoms with Gasteiger partial charge in [0.25, 0.3) is 0 Å². The zero-order valence-corrected chi connectivity index (χ0v) is 7.07. The molecule has 1 aromatic carbocycles. The standard InChI is InChI=1S/C9H12FNO2/c10-8-3-6(4-12)1-2-7(8)9(11)5-13/h1-3,9,12-13H,4-5,11H2. The van der Waals surface area contributed by atoms with Crippen molar-refractivity contribution in [3.8, 4) is 0 Å². The minimum absolute atomic E-state index is 0.203. The molecule has 0 saturated heterocycles. The lowest BCUT2D eigenvalue weighted by Gasteiger charge is -2.10. The number of hydrogen-bond acceptors (Lipinski definition) is 3. The van der Waals surface area contributed by atoms with E-state index < -0.39 is 11.9 Å². The number of benzene rings is 1. The molecule has 0 radical (unpaired) electrons. The van der Waals surface area contributed by atoms with E-state index in [2.05, 4.69) is 0 Å². The molecule has 0 aromatic heterocycles. The van der Waals surface area contributed by atoms with E-state index in [1.165, 1.54) is 12.1 Å². The van der Waals surface area contributed by atoms with Crippen LogP contribution in [-0.4, -0.2) is 16.8 Å². The smallest absolute Gasteiger partial charge is 0.128 e. The first kappa shape index (κ1) is 10.1. The molecular formula is C9H12FNO2. The topological polar surface area (TPSA) is 66.5 Å². The molecule has 0 bridgehead atoms. The number of aliphatic hydroxyl groups is 2.